The quantitative estimate of drug-likeness (QED) is 0.808. The van der Waals surface area contributed by atoms with E-state index in [0.717, 1.165) is 0 Å². The van der Waals surface area contributed by atoms with E-state index in [1.807, 2.05) is 0 Å². The molecular formula is C9H13ClFNO2. The lowest BCUT2D eigenvalue weighted by molar-refractivity contribution is 0.186. The number of rotatable bonds is 3. The molecule has 0 amide bonds. The molecule has 1 atom stereocenters. The van der Waals surface area contributed by atoms with Crippen LogP contribution < -0.4 is 10.5 Å². The molecule has 14 heavy (non-hydrogen) atoms. The Morgan fingerprint density at radius 2 is 2.21 bits per heavy atom. The van der Waals surface area contributed by atoms with Crippen molar-refractivity contribution < 1.29 is 14.2 Å². The van der Waals surface area contributed by atoms with Crippen molar-refractivity contribution in [2.75, 3.05) is 13.7 Å². The molecule has 0 aliphatic heterocycles. The van der Waals surface area contributed by atoms with Gasteiger partial charge in [0, 0.05) is 6.54 Å². The van der Waals surface area contributed by atoms with Crippen molar-refractivity contribution in [1.29, 1.82) is 0 Å². The molecule has 0 spiro atoms. The van der Waals surface area contributed by atoms with Crippen LogP contribution in [0.4, 0.5) is 4.39 Å². The van der Waals surface area contributed by atoms with Gasteiger partial charge in [0.05, 0.1) is 13.2 Å². The van der Waals surface area contributed by atoms with Crippen molar-refractivity contribution in [2.24, 2.45) is 5.73 Å². The summed E-state index contributed by atoms with van der Waals surface area (Å²) in [6, 6.07) is 4.16. The van der Waals surface area contributed by atoms with Gasteiger partial charge in [0.2, 0.25) is 0 Å². The third-order valence-corrected chi connectivity index (χ3v) is 1.78. The van der Waals surface area contributed by atoms with Crippen LogP contribution in [-0.4, -0.2) is 18.8 Å². The summed E-state index contributed by atoms with van der Waals surface area (Å²) in [5.74, 6) is -0.333. The normalized spacial score (nSPS) is 11.7. The molecular weight excluding hydrogens is 209 g/mol. The lowest BCUT2D eigenvalue weighted by Gasteiger charge is -2.09. The summed E-state index contributed by atoms with van der Waals surface area (Å²) in [5, 5.41) is 9.34. The van der Waals surface area contributed by atoms with Crippen LogP contribution in [0.3, 0.4) is 0 Å². The minimum absolute atomic E-state index is 0. The molecule has 0 radical (unpaired) electrons. The van der Waals surface area contributed by atoms with Crippen molar-refractivity contribution in [3.05, 3.63) is 29.6 Å². The molecule has 0 aromatic heterocycles. The second kappa shape index (κ2) is 5.80. The lowest BCUT2D eigenvalue weighted by Crippen LogP contribution is -2.11. The van der Waals surface area contributed by atoms with Crippen molar-refractivity contribution in [3.8, 4) is 5.75 Å². The number of halogens is 2. The molecule has 1 rings (SSSR count). The van der Waals surface area contributed by atoms with Crippen LogP contribution in [0.15, 0.2) is 18.2 Å². The first-order chi connectivity index (χ1) is 6.19. The van der Waals surface area contributed by atoms with E-state index < -0.39 is 11.9 Å². The molecule has 80 valence electrons. The minimum atomic E-state index is -0.769. The van der Waals surface area contributed by atoms with Gasteiger partial charge in [-0.3, -0.25) is 0 Å². The Bertz CT molecular complexity index is 296. The average molecular weight is 222 g/mol. The molecule has 0 fully saturated rings. The van der Waals surface area contributed by atoms with E-state index >= 15 is 0 Å². The number of benzene rings is 1. The highest BCUT2D eigenvalue weighted by Gasteiger charge is 2.08. The number of hydrogen-bond donors (Lipinski definition) is 2. The maximum absolute atomic E-state index is 12.9. The Hall–Kier alpha value is -0.840. The Morgan fingerprint density at radius 3 is 2.71 bits per heavy atom. The van der Waals surface area contributed by atoms with E-state index in [4.69, 9.17) is 10.5 Å². The average Bonchev–Trinajstić information content (AvgIpc) is 2.17. The zero-order valence-corrected chi connectivity index (χ0v) is 8.55. The predicted molar refractivity (Wildman–Crippen MR) is 54.2 cm³/mol. The van der Waals surface area contributed by atoms with E-state index in [1.165, 1.54) is 25.3 Å². The summed E-state index contributed by atoms with van der Waals surface area (Å²) in [7, 11) is 1.37. The van der Waals surface area contributed by atoms with Gasteiger partial charge >= 0.3 is 0 Å². The molecule has 0 bridgehead atoms. The van der Waals surface area contributed by atoms with Crippen molar-refractivity contribution >= 4 is 12.4 Å². The highest BCUT2D eigenvalue weighted by atomic mass is 35.5. The smallest absolute Gasteiger partial charge is 0.165 e. The first-order valence-corrected chi connectivity index (χ1v) is 3.90. The molecule has 3 nitrogen and oxygen atoms in total. The van der Waals surface area contributed by atoms with Gasteiger partial charge in [0.1, 0.15) is 0 Å². The van der Waals surface area contributed by atoms with Gasteiger partial charge in [0.15, 0.2) is 11.6 Å². The van der Waals surface area contributed by atoms with Crippen LogP contribution >= 0.6 is 12.4 Å². The molecule has 0 aliphatic carbocycles. The number of aliphatic hydroxyl groups excluding tert-OH is 1. The predicted octanol–water partition coefficient (Wildman–Crippen LogP) is 1.25. The fraction of sp³-hybridized carbons (Fsp3) is 0.333. The van der Waals surface area contributed by atoms with Gasteiger partial charge in [-0.05, 0) is 17.7 Å². The van der Waals surface area contributed by atoms with Gasteiger partial charge in [-0.2, -0.15) is 0 Å². The molecule has 0 aliphatic rings. The molecule has 0 saturated carbocycles. The Morgan fingerprint density at radius 1 is 1.57 bits per heavy atom. The van der Waals surface area contributed by atoms with Crippen LogP contribution in [0.1, 0.15) is 11.7 Å². The van der Waals surface area contributed by atoms with Crippen molar-refractivity contribution in [2.45, 2.75) is 6.10 Å². The minimum Gasteiger partial charge on any atom is -0.494 e. The molecule has 1 aromatic rings. The zero-order valence-electron chi connectivity index (χ0n) is 7.74. The molecule has 1 aromatic carbocycles. The standard InChI is InChI=1S/C9H12FNO2.ClH/c1-13-9-4-6(8(12)5-11)2-3-7(9)10;/h2-4,8,12H,5,11H2,1H3;1H. The maximum atomic E-state index is 12.9. The number of methoxy groups -OCH3 is 1. The second-order valence-electron chi connectivity index (χ2n) is 2.65. The van der Waals surface area contributed by atoms with E-state index in [1.54, 1.807) is 0 Å². The van der Waals surface area contributed by atoms with E-state index in [9.17, 15) is 9.50 Å². The topological polar surface area (TPSA) is 55.5 Å². The molecule has 1 unspecified atom stereocenters. The highest BCUT2D eigenvalue weighted by molar-refractivity contribution is 5.85. The Labute approximate surface area is 88.1 Å². The summed E-state index contributed by atoms with van der Waals surface area (Å²) in [6.07, 6.45) is -0.769. The van der Waals surface area contributed by atoms with Crippen LogP contribution in [-0.2, 0) is 0 Å². The largest absolute Gasteiger partial charge is 0.494 e. The number of ether oxygens (including phenoxy) is 1. The molecule has 3 N–H and O–H groups in total. The van der Waals surface area contributed by atoms with Gasteiger partial charge in [0.25, 0.3) is 0 Å². The van der Waals surface area contributed by atoms with Crippen molar-refractivity contribution in [1.82, 2.24) is 0 Å². The van der Waals surface area contributed by atoms with Crippen LogP contribution in [0.2, 0.25) is 0 Å². The maximum Gasteiger partial charge on any atom is 0.165 e. The van der Waals surface area contributed by atoms with E-state index in [2.05, 4.69) is 0 Å². The molecule has 5 heteroatoms. The summed E-state index contributed by atoms with van der Waals surface area (Å²) in [4.78, 5) is 0. The number of aliphatic hydroxyl groups is 1. The molecule has 0 heterocycles. The third-order valence-electron chi connectivity index (χ3n) is 1.78. The fourth-order valence-electron chi connectivity index (χ4n) is 1.02. The summed E-state index contributed by atoms with van der Waals surface area (Å²) < 4.78 is 17.7. The van der Waals surface area contributed by atoms with Gasteiger partial charge < -0.3 is 15.6 Å². The van der Waals surface area contributed by atoms with Crippen LogP contribution in [0, 0.1) is 5.82 Å². The van der Waals surface area contributed by atoms with Crippen LogP contribution in [0.25, 0.3) is 0 Å². The van der Waals surface area contributed by atoms with Gasteiger partial charge in [-0.25, -0.2) is 4.39 Å². The first-order valence-electron chi connectivity index (χ1n) is 3.90. The second-order valence-corrected chi connectivity index (χ2v) is 2.65. The highest BCUT2D eigenvalue weighted by Crippen LogP contribution is 2.21. The number of hydrogen-bond acceptors (Lipinski definition) is 3. The number of nitrogens with two attached hydrogens (primary N) is 1. The zero-order chi connectivity index (χ0) is 9.84. The Balaban J connectivity index is 0.00000169. The summed E-state index contributed by atoms with van der Waals surface area (Å²) in [6.45, 7) is 0.106. The fourth-order valence-corrected chi connectivity index (χ4v) is 1.02. The van der Waals surface area contributed by atoms with Gasteiger partial charge in [-0.15, -0.1) is 12.4 Å². The third kappa shape index (κ3) is 2.83. The van der Waals surface area contributed by atoms with Crippen molar-refractivity contribution in [3.63, 3.8) is 0 Å². The first kappa shape index (κ1) is 13.2. The summed E-state index contributed by atoms with van der Waals surface area (Å²) >= 11 is 0. The van der Waals surface area contributed by atoms with Crippen LogP contribution in [0.5, 0.6) is 5.75 Å². The Kier molecular flexibility index (Phi) is 5.45. The van der Waals surface area contributed by atoms with Gasteiger partial charge in [-0.1, -0.05) is 6.07 Å². The monoisotopic (exact) mass is 221 g/mol. The lowest BCUT2D eigenvalue weighted by atomic mass is 10.1. The molecule has 0 saturated heterocycles. The summed E-state index contributed by atoms with van der Waals surface area (Å²) in [5.41, 5.74) is 5.81. The van der Waals surface area contributed by atoms with E-state index in [0.29, 0.717) is 5.56 Å². The SMILES string of the molecule is COc1cc(C(O)CN)ccc1F.Cl. The van der Waals surface area contributed by atoms with E-state index in [-0.39, 0.29) is 24.7 Å².